The van der Waals surface area contributed by atoms with Gasteiger partial charge in [-0.05, 0) is 62.3 Å². The van der Waals surface area contributed by atoms with E-state index in [9.17, 15) is 14.4 Å². The molecule has 190 valence electrons. The van der Waals surface area contributed by atoms with Crippen LogP contribution >= 0.6 is 11.3 Å². The van der Waals surface area contributed by atoms with Crippen LogP contribution in [0.25, 0.3) is 16.7 Å². The van der Waals surface area contributed by atoms with E-state index < -0.39 is 5.91 Å². The summed E-state index contributed by atoms with van der Waals surface area (Å²) in [4.78, 5) is 45.8. The summed E-state index contributed by atoms with van der Waals surface area (Å²) < 4.78 is 3.23. The highest BCUT2D eigenvalue weighted by Crippen LogP contribution is 2.38. The van der Waals surface area contributed by atoms with Crippen molar-refractivity contribution in [2.75, 3.05) is 12.4 Å². The summed E-state index contributed by atoms with van der Waals surface area (Å²) in [5.41, 5.74) is 2.31. The normalized spacial score (nSPS) is 15.7. The number of carbonyl (C=O) groups excluding carboxylic acids is 2. The first-order valence-corrected chi connectivity index (χ1v) is 13.6. The Hall–Kier alpha value is -3.79. The molecule has 6 rings (SSSR count). The number of aryl methyl sites for hydroxylation is 1. The maximum atomic E-state index is 13.7. The molecule has 1 saturated carbocycles. The average molecular weight is 517 g/mol. The van der Waals surface area contributed by atoms with Crippen molar-refractivity contribution in [2.45, 2.75) is 57.4 Å². The number of pyridine rings is 2. The Morgan fingerprint density at radius 1 is 1.11 bits per heavy atom. The van der Waals surface area contributed by atoms with Gasteiger partial charge < -0.3 is 15.2 Å². The van der Waals surface area contributed by atoms with Gasteiger partial charge in [-0.1, -0.05) is 18.9 Å². The Kier molecular flexibility index (Phi) is 5.91. The van der Waals surface area contributed by atoms with Gasteiger partial charge in [-0.3, -0.25) is 24.2 Å². The molecule has 0 radical (unpaired) electrons. The van der Waals surface area contributed by atoms with E-state index >= 15 is 0 Å². The molecule has 10 heteroatoms. The molecule has 0 bridgehead atoms. The number of nitrogens with zero attached hydrogens (tertiary/aromatic N) is 3. The van der Waals surface area contributed by atoms with Gasteiger partial charge in [-0.2, -0.15) is 0 Å². The van der Waals surface area contributed by atoms with Crippen molar-refractivity contribution >= 4 is 44.8 Å². The Morgan fingerprint density at radius 2 is 1.89 bits per heavy atom. The first-order valence-electron chi connectivity index (χ1n) is 12.8. The molecule has 0 unspecified atom stereocenters. The fourth-order valence-corrected chi connectivity index (χ4v) is 7.01. The third-order valence-corrected chi connectivity index (χ3v) is 8.76. The molecule has 9 nitrogen and oxygen atoms in total. The summed E-state index contributed by atoms with van der Waals surface area (Å²) in [6, 6.07) is 6.83. The Bertz CT molecular complexity index is 1690. The Balaban J connectivity index is 1.52. The Labute approximate surface area is 216 Å². The van der Waals surface area contributed by atoms with Gasteiger partial charge in [0.2, 0.25) is 0 Å². The zero-order valence-electron chi connectivity index (χ0n) is 20.6. The Morgan fingerprint density at radius 3 is 2.68 bits per heavy atom. The van der Waals surface area contributed by atoms with Gasteiger partial charge in [0.25, 0.3) is 17.4 Å². The van der Waals surface area contributed by atoms with Crippen molar-refractivity contribution in [3.8, 4) is 0 Å². The van der Waals surface area contributed by atoms with Crippen LogP contribution in [0.2, 0.25) is 0 Å². The van der Waals surface area contributed by atoms with Crippen molar-refractivity contribution in [3.05, 3.63) is 67.9 Å². The number of hydrogen-bond donors (Lipinski definition) is 3. The van der Waals surface area contributed by atoms with E-state index in [2.05, 4.69) is 10.6 Å². The zero-order valence-corrected chi connectivity index (χ0v) is 21.4. The van der Waals surface area contributed by atoms with E-state index in [1.165, 1.54) is 21.8 Å². The summed E-state index contributed by atoms with van der Waals surface area (Å²) in [5, 5.41) is 15.5. The molecule has 1 fully saturated rings. The summed E-state index contributed by atoms with van der Waals surface area (Å²) in [6.07, 6.45) is 9.20. The second kappa shape index (κ2) is 9.26. The number of rotatable bonds is 4. The van der Waals surface area contributed by atoms with Gasteiger partial charge in [-0.15, -0.1) is 11.3 Å². The molecule has 0 aliphatic heterocycles. The zero-order chi connectivity index (χ0) is 25.7. The molecule has 4 aromatic heterocycles. The lowest BCUT2D eigenvalue weighted by Gasteiger charge is -2.19. The minimum atomic E-state index is -0.500. The SMILES string of the molecule is CNC(=O)c1c(NC(=O)c2cc3c(=O)n4ccccc4nc3n(C3CCCC3)c2=N)sc2c1CCCC2. The van der Waals surface area contributed by atoms with Gasteiger partial charge in [0.05, 0.1) is 16.5 Å². The van der Waals surface area contributed by atoms with Crippen LogP contribution in [0.4, 0.5) is 5.00 Å². The van der Waals surface area contributed by atoms with Gasteiger partial charge >= 0.3 is 0 Å². The van der Waals surface area contributed by atoms with Crippen LogP contribution in [0.5, 0.6) is 0 Å². The molecule has 0 aromatic carbocycles. The third kappa shape index (κ3) is 3.87. The molecule has 37 heavy (non-hydrogen) atoms. The summed E-state index contributed by atoms with van der Waals surface area (Å²) in [5.74, 6) is -0.728. The number of amides is 2. The predicted octanol–water partition coefficient (Wildman–Crippen LogP) is 3.80. The maximum Gasteiger partial charge on any atom is 0.267 e. The molecule has 4 aromatic rings. The highest BCUT2D eigenvalue weighted by atomic mass is 32.1. The van der Waals surface area contributed by atoms with Crippen LogP contribution in [0.15, 0.2) is 35.3 Å². The van der Waals surface area contributed by atoms with Crippen molar-refractivity contribution in [3.63, 3.8) is 0 Å². The minimum absolute atomic E-state index is 0.00343. The lowest BCUT2D eigenvalue weighted by atomic mass is 9.95. The largest absolute Gasteiger partial charge is 0.355 e. The standard InChI is InChI=1S/C27H28N6O3S/c1-29-25(35)21-16-10-4-5-11-19(16)37-26(21)31-24(34)17-14-18-23(33(22(17)28)15-8-2-3-9-15)30-20-12-6-7-13-32(20)27(18)36/h6-7,12-15,28H,2-5,8-11H2,1H3,(H,29,35)(H,31,34). The summed E-state index contributed by atoms with van der Waals surface area (Å²) in [7, 11) is 1.58. The number of thiophene rings is 1. The van der Waals surface area contributed by atoms with E-state index in [0.29, 0.717) is 27.2 Å². The van der Waals surface area contributed by atoms with E-state index in [-0.39, 0.29) is 28.6 Å². The van der Waals surface area contributed by atoms with E-state index in [0.717, 1.165) is 61.8 Å². The summed E-state index contributed by atoms with van der Waals surface area (Å²) >= 11 is 1.43. The molecular weight excluding hydrogens is 488 g/mol. The maximum absolute atomic E-state index is 13.7. The molecule has 3 N–H and O–H groups in total. The fraction of sp³-hybridized carbons (Fsp3) is 0.370. The molecule has 2 aliphatic rings. The molecule has 0 spiro atoms. The van der Waals surface area contributed by atoms with Crippen LogP contribution in [-0.2, 0) is 12.8 Å². The highest BCUT2D eigenvalue weighted by molar-refractivity contribution is 7.17. The minimum Gasteiger partial charge on any atom is -0.355 e. The third-order valence-electron chi connectivity index (χ3n) is 7.55. The molecule has 0 atom stereocenters. The van der Waals surface area contributed by atoms with Crippen LogP contribution in [0, 0.1) is 5.41 Å². The average Bonchev–Trinajstić information content (AvgIpc) is 3.56. The molecule has 2 amide bonds. The smallest absolute Gasteiger partial charge is 0.267 e. The lowest BCUT2D eigenvalue weighted by Crippen LogP contribution is -2.34. The fourth-order valence-electron chi connectivity index (χ4n) is 5.73. The number of hydrogen-bond acceptors (Lipinski definition) is 6. The monoisotopic (exact) mass is 516 g/mol. The van der Waals surface area contributed by atoms with Crippen molar-refractivity contribution in [2.24, 2.45) is 0 Å². The molecule has 4 heterocycles. The number of carbonyl (C=O) groups is 2. The number of aromatic nitrogens is 3. The molecule has 2 aliphatic carbocycles. The first kappa shape index (κ1) is 23.6. The predicted molar refractivity (Wildman–Crippen MR) is 143 cm³/mol. The van der Waals surface area contributed by atoms with E-state index in [1.54, 1.807) is 29.9 Å². The number of anilines is 1. The quantitative estimate of drug-likeness (QED) is 0.357. The van der Waals surface area contributed by atoms with Crippen LogP contribution in [-0.4, -0.2) is 32.8 Å². The van der Waals surface area contributed by atoms with Gasteiger partial charge in [0.15, 0.2) is 0 Å². The van der Waals surface area contributed by atoms with Crippen molar-refractivity contribution in [1.82, 2.24) is 19.3 Å². The van der Waals surface area contributed by atoms with Crippen molar-refractivity contribution < 1.29 is 9.59 Å². The number of nitrogens with one attached hydrogen (secondary N) is 3. The molecular formula is C27H28N6O3S. The second-order valence-corrected chi connectivity index (χ2v) is 10.9. The van der Waals surface area contributed by atoms with Crippen molar-refractivity contribution in [1.29, 1.82) is 5.41 Å². The van der Waals surface area contributed by atoms with E-state index in [4.69, 9.17) is 10.4 Å². The topological polar surface area (TPSA) is 121 Å². The van der Waals surface area contributed by atoms with Crippen LogP contribution in [0.1, 0.15) is 75.7 Å². The lowest BCUT2D eigenvalue weighted by molar-refractivity contribution is 0.0963. The van der Waals surface area contributed by atoms with Gasteiger partial charge in [0.1, 0.15) is 21.8 Å². The number of fused-ring (bicyclic) bond motifs is 3. The second-order valence-electron chi connectivity index (χ2n) is 9.75. The van der Waals surface area contributed by atoms with Gasteiger partial charge in [-0.25, -0.2) is 4.98 Å². The highest BCUT2D eigenvalue weighted by Gasteiger charge is 2.28. The van der Waals surface area contributed by atoms with Gasteiger partial charge in [0, 0.05) is 24.2 Å². The van der Waals surface area contributed by atoms with Crippen LogP contribution < -0.4 is 21.7 Å². The van der Waals surface area contributed by atoms with Crippen LogP contribution in [0.3, 0.4) is 0 Å². The summed E-state index contributed by atoms with van der Waals surface area (Å²) in [6.45, 7) is 0. The molecule has 0 saturated heterocycles. The van der Waals surface area contributed by atoms with E-state index in [1.807, 2.05) is 6.07 Å². The first-order chi connectivity index (χ1) is 18.0.